The number of anilines is 1. The van der Waals surface area contributed by atoms with Crippen LogP contribution in [-0.2, 0) is 21.7 Å². The first kappa shape index (κ1) is 26.2. The molecule has 0 heterocycles. The smallest absolute Gasteiger partial charge is 0.103 e. The molecule has 32 heavy (non-hydrogen) atoms. The molecule has 176 valence electrons. The summed E-state index contributed by atoms with van der Waals surface area (Å²) in [5, 5.41) is 3.75. The van der Waals surface area contributed by atoms with E-state index >= 15 is 0 Å². The lowest BCUT2D eigenvalue weighted by atomic mass is 9.78. The summed E-state index contributed by atoms with van der Waals surface area (Å²) in [6, 6.07) is 13.3. The lowest BCUT2D eigenvalue weighted by molar-refractivity contribution is 0.571. The van der Waals surface area contributed by atoms with Gasteiger partial charge in [0.25, 0.3) is 0 Å². The van der Waals surface area contributed by atoms with Crippen molar-refractivity contribution in [1.29, 1.82) is 0 Å². The first-order valence-corrected chi connectivity index (χ1v) is 11.9. The molecule has 0 saturated carbocycles. The zero-order chi connectivity index (χ0) is 24.7. The Morgan fingerprint density at radius 2 is 0.875 bits per heavy atom. The van der Waals surface area contributed by atoms with Crippen LogP contribution in [0.5, 0.6) is 0 Å². The number of benzene rings is 2. The second kappa shape index (κ2) is 8.69. The molecule has 0 saturated heterocycles. The van der Waals surface area contributed by atoms with Crippen molar-refractivity contribution in [2.75, 3.05) is 5.32 Å². The molecule has 2 heteroatoms. The molecule has 2 aromatic carbocycles. The van der Waals surface area contributed by atoms with E-state index in [-0.39, 0.29) is 21.7 Å². The normalized spacial score (nSPS) is 14.0. The summed E-state index contributed by atoms with van der Waals surface area (Å²) >= 11 is 0. The largest absolute Gasteiger partial charge is 0.343 e. The van der Waals surface area contributed by atoms with E-state index < -0.39 is 0 Å². The van der Waals surface area contributed by atoms with Gasteiger partial charge in [-0.1, -0.05) is 119 Å². The van der Waals surface area contributed by atoms with Gasteiger partial charge in [0.15, 0.2) is 0 Å². The summed E-state index contributed by atoms with van der Waals surface area (Å²) in [6.45, 7) is 29.4. The molecule has 2 aromatic rings. The van der Waals surface area contributed by atoms with Crippen LogP contribution < -0.4 is 5.32 Å². The van der Waals surface area contributed by atoms with Crippen molar-refractivity contribution in [3.05, 3.63) is 58.7 Å². The molecular formula is C30H46N2. The predicted molar refractivity (Wildman–Crippen MR) is 144 cm³/mol. The molecule has 2 rings (SSSR count). The number of aliphatic imine (C=N–C) groups is 1. The van der Waals surface area contributed by atoms with E-state index in [0.29, 0.717) is 0 Å². The molecule has 0 aliphatic heterocycles. The van der Waals surface area contributed by atoms with Gasteiger partial charge in [-0.3, -0.25) is 0 Å². The van der Waals surface area contributed by atoms with Crippen molar-refractivity contribution in [3.63, 3.8) is 0 Å². The van der Waals surface area contributed by atoms with Gasteiger partial charge in [0.2, 0.25) is 0 Å². The van der Waals surface area contributed by atoms with Gasteiger partial charge in [0, 0.05) is 5.69 Å². The first-order chi connectivity index (χ1) is 14.3. The molecule has 2 nitrogen and oxygen atoms in total. The molecule has 1 N–H and O–H groups in total. The van der Waals surface area contributed by atoms with Crippen LogP contribution >= 0.6 is 0 Å². The minimum Gasteiger partial charge on any atom is -0.343 e. The van der Waals surface area contributed by atoms with Crippen molar-refractivity contribution in [2.24, 2.45) is 4.99 Å². The SMILES string of the molecule is CC(=Nc1c(C(C)(C)C)cccc1C(C)(C)C)Nc1c(C(C)(C)C)cccc1C(C)(C)C. The second-order valence-corrected chi connectivity index (χ2v) is 13.3. The minimum atomic E-state index is 0.0141. The van der Waals surface area contributed by atoms with Crippen LogP contribution in [0.15, 0.2) is 41.4 Å². The van der Waals surface area contributed by atoms with Gasteiger partial charge < -0.3 is 5.32 Å². The van der Waals surface area contributed by atoms with Crippen LogP contribution in [0.2, 0.25) is 0 Å². The molecule has 0 aliphatic carbocycles. The van der Waals surface area contributed by atoms with Crippen molar-refractivity contribution >= 4 is 17.2 Å². The number of nitrogens with zero attached hydrogens (tertiary/aromatic N) is 1. The molecule has 0 amide bonds. The number of hydrogen-bond acceptors (Lipinski definition) is 1. The molecule has 0 radical (unpaired) electrons. The number of rotatable bonds is 2. The summed E-state index contributed by atoms with van der Waals surface area (Å²) in [4.78, 5) is 5.24. The highest BCUT2D eigenvalue weighted by atomic mass is 15.0. The molecule has 0 spiro atoms. The van der Waals surface area contributed by atoms with Crippen LogP contribution in [0.4, 0.5) is 11.4 Å². The van der Waals surface area contributed by atoms with Gasteiger partial charge in [-0.2, -0.15) is 0 Å². The summed E-state index contributed by atoms with van der Waals surface area (Å²) in [5.41, 5.74) is 7.59. The Morgan fingerprint density at radius 3 is 1.19 bits per heavy atom. The Bertz CT molecular complexity index is 917. The molecule has 0 aromatic heterocycles. The monoisotopic (exact) mass is 434 g/mol. The van der Waals surface area contributed by atoms with E-state index in [2.05, 4.69) is 132 Å². The maximum Gasteiger partial charge on any atom is 0.103 e. The third-order valence-electron chi connectivity index (χ3n) is 5.92. The van der Waals surface area contributed by atoms with Crippen molar-refractivity contribution in [2.45, 2.75) is 112 Å². The lowest BCUT2D eigenvalue weighted by Crippen LogP contribution is -2.23. The number of hydrogen-bond donors (Lipinski definition) is 1. The van der Waals surface area contributed by atoms with Crippen LogP contribution in [0.3, 0.4) is 0 Å². The van der Waals surface area contributed by atoms with Gasteiger partial charge >= 0.3 is 0 Å². The molecule has 0 bridgehead atoms. The van der Waals surface area contributed by atoms with Crippen LogP contribution in [0.1, 0.15) is 112 Å². The summed E-state index contributed by atoms with van der Waals surface area (Å²) in [6.07, 6.45) is 0. The molecular weight excluding hydrogens is 388 g/mol. The maximum atomic E-state index is 5.24. The van der Waals surface area contributed by atoms with E-state index in [0.717, 1.165) is 11.5 Å². The number of nitrogens with one attached hydrogen (secondary N) is 1. The average molecular weight is 435 g/mol. The zero-order valence-corrected chi connectivity index (χ0v) is 22.9. The fourth-order valence-electron chi connectivity index (χ4n) is 4.19. The zero-order valence-electron chi connectivity index (χ0n) is 22.9. The van der Waals surface area contributed by atoms with E-state index in [1.807, 2.05) is 0 Å². The Hall–Kier alpha value is -2.09. The Balaban J connectivity index is 2.73. The third kappa shape index (κ3) is 6.03. The van der Waals surface area contributed by atoms with E-state index in [1.165, 1.54) is 27.9 Å². The van der Waals surface area contributed by atoms with E-state index in [1.54, 1.807) is 0 Å². The molecule has 0 fully saturated rings. The standard InChI is InChI=1S/C30H46N2/c1-20(31-25-21(27(2,3)4)16-14-17-22(25)28(5,6)7)32-26-23(29(8,9)10)18-15-19-24(26)30(11,12)13/h14-19H,1-13H3,(H,31,32). The first-order valence-electron chi connectivity index (χ1n) is 11.9. The van der Waals surface area contributed by atoms with Gasteiger partial charge in [-0.25, -0.2) is 4.99 Å². The summed E-state index contributed by atoms with van der Waals surface area (Å²) in [7, 11) is 0. The quantitative estimate of drug-likeness (QED) is 0.370. The Labute approximate surface area is 198 Å². The molecule has 0 unspecified atom stereocenters. The highest BCUT2D eigenvalue weighted by molar-refractivity contribution is 5.97. The van der Waals surface area contributed by atoms with Crippen LogP contribution in [0, 0.1) is 0 Å². The Morgan fingerprint density at radius 1 is 0.562 bits per heavy atom. The van der Waals surface area contributed by atoms with E-state index in [4.69, 9.17) is 4.99 Å². The predicted octanol–water partition coefficient (Wildman–Crippen LogP) is 9.04. The maximum absolute atomic E-state index is 5.24. The average Bonchev–Trinajstić information content (AvgIpc) is 2.58. The van der Waals surface area contributed by atoms with Crippen LogP contribution in [0.25, 0.3) is 0 Å². The van der Waals surface area contributed by atoms with Crippen molar-refractivity contribution in [3.8, 4) is 0 Å². The minimum absolute atomic E-state index is 0.0141. The third-order valence-corrected chi connectivity index (χ3v) is 5.92. The fraction of sp³-hybridized carbons (Fsp3) is 0.567. The molecule has 0 aliphatic rings. The number of amidine groups is 1. The van der Waals surface area contributed by atoms with Gasteiger partial charge in [-0.15, -0.1) is 0 Å². The fourth-order valence-corrected chi connectivity index (χ4v) is 4.19. The van der Waals surface area contributed by atoms with E-state index in [9.17, 15) is 0 Å². The van der Waals surface area contributed by atoms with Crippen LogP contribution in [-0.4, -0.2) is 5.84 Å². The highest BCUT2D eigenvalue weighted by Crippen LogP contribution is 2.41. The molecule has 0 atom stereocenters. The highest BCUT2D eigenvalue weighted by Gasteiger charge is 2.27. The van der Waals surface area contributed by atoms with Gasteiger partial charge in [0.05, 0.1) is 5.69 Å². The van der Waals surface area contributed by atoms with Gasteiger partial charge in [-0.05, 0) is 50.8 Å². The summed E-state index contributed by atoms with van der Waals surface area (Å²) in [5.74, 6) is 0.925. The topological polar surface area (TPSA) is 24.4 Å². The van der Waals surface area contributed by atoms with Crippen molar-refractivity contribution in [1.82, 2.24) is 0 Å². The Kier molecular flexibility index (Phi) is 7.10. The van der Waals surface area contributed by atoms with Crippen molar-refractivity contribution < 1.29 is 0 Å². The second-order valence-electron chi connectivity index (χ2n) is 13.3. The lowest BCUT2D eigenvalue weighted by Gasteiger charge is -2.31. The number of para-hydroxylation sites is 2. The van der Waals surface area contributed by atoms with Gasteiger partial charge in [0.1, 0.15) is 5.84 Å². The summed E-state index contributed by atoms with van der Waals surface area (Å²) < 4.78 is 0.